The molecule has 0 aromatic carbocycles. The fourth-order valence-electron chi connectivity index (χ4n) is 1.26. The van der Waals surface area contributed by atoms with Crippen LogP contribution in [0.15, 0.2) is 6.33 Å². The minimum atomic E-state index is -0.477. The summed E-state index contributed by atoms with van der Waals surface area (Å²) < 4.78 is 0. The molecule has 0 unspecified atom stereocenters. The van der Waals surface area contributed by atoms with E-state index >= 15 is 0 Å². The maximum atomic E-state index is 9.17. The summed E-state index contributed by atoms with van der Waals surface area (Å²) in [5, 5.41) is 9.17. The van der Waals surface area contributed by atoms with Gasteiger partial charge in [0.15, 0.2) is 11.5 Å². The zero-order chi connectivity index (χ0) is 10.1. The van der Waals surface area contributed by atoms with Gasteiger partial charge >= 0.3 is 0 Å². The van der Waals surface area contributed by atoms with Crippen molar-refractivity contribution >= 4 is 17.0 Å². The molecular weight excluding hydrogens is 182 g/mol. The summed E-state index contributed by atoms with van der Waals surface area (Å²) in [6.07, 6.45) is 1.43. The summed E-state index contributed by atoms with van der Waals surface area (Å²) in [6, 6.07) is 0. The van der Waals surface area contributed by atoms with Crippen LogP contribution in [-0.4, -0.2) is 31.1 Å². The molecule has 0 aliphatic heterocycles. The first-order valence-electron chi connectivity index (χ1n) is 4.30. The molecule has 0 saturated heterocycles. The lowest BCUT2D eigenvalue weighted by Gasteiger charge is -2.03. The number of nitrogen functional groups attached to an aromatic ring is 1. The Bertz CT molecular complexity index is 450. The van der Waals surface area contributed by atoms with Gasteiger partial charge in [-0.1, -0.05) is 0 Å². The molecule has 0 aliphatic rings. The second kappa shape index (κ2) is 3.22. The Morgan fingerprint density at radius 2 is 2.36 bits per heavy atom. The van der Waals surface area contributed by atoms with Crippen molar-refractivity contribution in [2.24, 2.45) is 0 Å². The lowest BCUT2D eigenvalue weighted by molar-refractivity contribution is 0.193. The van der Waals surface area contributed by atoms with Crippen molar-refractivity contribution in [3.63, 3.8) is 0 Å². The SMILES string of the molecule is C[C@@H](O)Cc1nc(N)c2nc[nH]c2n1. The van der Waals surface area contributed by atoms with Gasteiger partial charge in [0.05, 0.1) is 12.4 Å². The molecule has 74 valence electrons. The number of aliphatic hydroxyl groups is 1. The molecule has 2 rings (SSSR count). The van der Waals surface area contributed by atoms with Crippen LogP contribution in [0.25, 0.3) is 11.2 Å². The molecule has 4 N–H and O–H groups in total. The van der Waals surface area contributed by atoms with Gasteiger partial charge in [-0.3, -0.25) is 0 Å². The number of aromatic nitrogens is 4. The van der Waals surface area contributed by atoms with E-state index in [0.29, 0.717) is 29.2 Å². The molecule has 0 fully saturated rings. The van der Waals surface area contributed by atoms with Crippen LogP contribution >= 0.6 is 0 Å². The third-order valence-corrected chi connectivity index (χ3v) is 1.83. The number of aromatic amines is 1. The average Bonchev–Trinajstić information content (AvgIpc) is 2.50. The average molecular weight is 193 g/mol. The number of fused-ring (bicyclic) bond motifs is 1. The van der Waals surface area contributed by atoms with E-state index in [4.69, 9.17) is 5.73 Å². The monoisotopic (exact) mass is 193 g/mol. The van der Waals surface area contributed by atoms with Crippen molar-refractivity contribution in [2.45, 2.75) is 19.4 Å². The fourth-order valence-corrected chi connectivity index (χ4v) is 1.26. The molecule has 1 atom stereocenters. The third-order valence-electron chi connectivity index (χ3n) is 1.83. The molecule has 2 aromatic rings. The first-order valence-corrected chi connectivity index (χ1v) is 4.30. The number of nitrogens with one attached hydrogen (secondary N) is 1. The Hall–Kier alpha value is -1.69. The summed E-state index contributed by atoms with van der Waals surface area (Å²) in [4.78, 5) is 15.0. The Labute approximate surface area is 80.2 Å². The van der Waals surface area contributed by atoms with Crippen LogP contribution in [0.5, 0.6) is 0 Å². The van der Waals surface area contributed by atoms with Gasteiger partial charge in [0.2, 0.25) is 0 Å². The molecule has 2 heterocycles. The fraction of sp³-hybridized carbons (Fsp3) is 0.375. The van der Waals surface area contributed by atoms with Crippen LogP contribution in [0.2, 0.25) is 0 Å². The van der Waals surface area contributed by atoms with E-state index in [2.05, 4.69) is 19.9 Å². The number of hydrogen-bond acceptors (Lipinski definition) is 5. The molecule has 0 spiro atoms. The summed E-state index contributed by atoms with van der Waals surface area (Å²) in [7, 11) is 0. The molecule has 0 radical (unpaired) electrons. The highest BCUT2D eigenvalue weighted by Gasteiger charge is 2.08. The Balaban J connectivity index is 2.47. The normalized spacial score (nSPS) is 13.3. The molecule has 0 saturated carbocycles. The Morgan fingerprint density at radius 3 is 3.07 bits per heavy atom. The van der Waals surface area contributed by atoms with E-state index in [1.165, 1.54) is 6.33 Å². The van der Waals surface area contributed by atoms with Crippen LogP contribution in [0.4, 0.5) is 5.82 Å². The van der Waals surface area contributed by atoms with Gasteiger partial charge in [-0.25, -0.2) is 15.0 Å². The zero-order valence-electron chi connectivity index (χ0n) is 7.73. The predicted octanol–water partition coefficient (Wildman–Crippen LogP) is -0.142. The Morgan fingerprint density at radius 1 is 1.57 bits per heavy atom. The lowest BCUT2D eigenvalue weighted by atomic mass is 10.3. The number of aliphatic hydroxyl groups excluding tert-OH is 1. The number of imidazole rings is 1. The predicted molar refractivity (Wildman–Crippen MR) is 51.5 cm³/mol. The van der Waals surface area contributed by atoms with Crippen molar-refractivity contribution in [3.8, 4) is 0 Å². The second-order valence-corrected chi connectivity index (χ2v) is 3.18. The standard InChI is InChI=1S/C8H11N5O/c1-4(14)2-5-12-7(9)6-8(13-5)11-3-10-6/h3-4,14H,2H2,1H3,(H3,9,10,11,12,13)/t4-/m1/s1. The quantitative estimate of drug-likeness (QED) is 0.616. The van der Waals surface area contributed by atoms with E-state index in [1.807, 2.05) is 0 Å². The zero-order valence-corrected chi connectivity index (χ0v) is 7.73. The van der Waals surface area contributed by atoms with E-state index in [0.717, 1.165) is 0 Å². The summed E-state index contributed by atoms with van der Waals surface area (Å²) >= 11 is 0. The smallest absolute Gasteiger partial charge is 0.163 e. The number of nitrogens with two attached hydrogens (primary N) is 1. The number of H-pyrrole nitrogens is 1. The van der Waals surface area contributed by atoms with E-state index < -0.39 is 6.10 Å². The minimum absolute atomic E-state index is 0.340. The van der Waals surface area contributed by atoms with Gasteiger partial charge in [0.25, 0.3) is 0 Å². The van der Waals surface area contributed by atoms with Crippen molar-refractivity contribution in [1.29, 1.82) is 0 Å². The van der Waals surface area contributed by atoms with Crippen molar-refractivity contribution < 1.29 is 5.11 Å². The molecule has 0 aliphatic carbocycles. The summed E-state index contributed by atoms with van der Waals surface area (Å²) in [5.41, 5.74) is 6.84. The van der Waals surface area contributed by atoms with Crippen LogP contribution in [0.3, 0.4) is 0 Å². The number of rotatable bonds is 2. The van der Waals surface area contributed by atoms with Gasteiger partial charge in [-0.05, 0) is 6.92 Å². The molecular formula is C8H11N5O. The van der Waals surface area contributed by atoms with Crippen LogP contribution in [0, 0.1) is 0 Å². The second-order valence-electron chi connectivity index (χ2n) is 3.18. The number of nitrogens with zero attached hydrogens (tertiary/aromatic N) is 3. The first kappa shape index (κ1) is 8.89. The van der Waals surface area contributed by atoms with E-state index in [1.54, 1.807) is 6.92 Å². The number of anilines is 1. The summed E-state index contributed by atoms with van der Waals surface area (Å²) in [5.74, 6) is 0.862. The van der Waals surface area contributed by atoms with Gasteiger partial charge in [-0.15, -0.1) is 0 Å². The van der Waals surface area contributed by atoms with Crippen LogP contribution < -0.4 is 5.73 Å². The lowest BCUT2D eigenvalue weighted by Crippen LogP contribution is -2.09. The number of hydrogen-bond donors (Lipinski definition) is 3. The highest BCUT2D eigenvalue weighted by molar-refractivity contribution is 5.80. The largest absolute Gasteiger partial charge is 0.393 e. The molecule has 6 nitrogen and oxygen atoms in total. The molecule has 2 aromatic heterocycles. The third kappa shape index (κ3) is 1.51. The van der Waals surface area contributed by atoms with Gasteiger partial charge in [-0.2, -0.15) is 0 Å². The maximum absolute atomic E-state index is 9.17. The highest BCUT2D eigenvalue weighted by atomic mass is 16.3. The molecule has 0 bridgehead atoms. The van der Waals surface area contributed by atoms with Crippen molar-refractivity contribution in [3.05, 3.63) is 12.2 Å². The molecule has 0 amide bonds. The van der Waals surface area contributed by atoms with Crippen molar-refractivity contribution in [2.75, 3.05) is 5.73 Å². The van der Waals surface area contributed by atoms with Gasteiger partial charge in [0.1, 0.15) is 11.3 Å². The van der Waals surface area contributed by atoms with Crippen LogP contribution in [0.1, 0.15) is 12.7 Å². The molecule has 6 heteroatoms. The molecule has 14 heavy (non-hydrogen) atoms. The van der Waals surface area contributed by atoms with Crippen LogP contribution in [-0.2, 0) is 6.42 Å². The van der Waals surface area contributed by atoms with E-state index in [-0.39, 0.29) is 0 Å². The van der Waals surface area contributed by atoms with Gasteiger partial charge in [0, 0.05) is 6.42 Å². The van der Waals surface area contributed by atoms with Crippen molar-refractivity contribution in [1.82, 2.24) is 19.9 Å². The maximum Gasteiger partial charge on any atom is 0.163 e. The highest BCUT2D eigenvalue weighted by Crippen LogP contribution is 2.13. The first-order chi connectivity index (χ1) is 6.66. The Kier molecular flexibility index (Phi) is 2.05. The van der Waals surface area contributed by atoms with E-state index in [9.17, 15) is 5.11 Å². The minimum Gasteiger partial charge on any atom is -0.393 e. The topological polar surface area (TPSA) is 101 Å². The van der Waals surface area contributed by atoms with Gasteiger partial charge < -0.3 is 15.8 Å². The summed E-state index contributed by atoms with van der Waals surface area (Å²) in [6.45, 7) is 1.68.